The number of hydrogen-bond donors (Lipinski definition) is 1. The van der Waals surface area contributed by atoms with Gasteiger partial charge in [-0.25, -0.2) is 4.98 Å². The third-order valence-corrected chi connectivity index (χ3v) is 3.65. The second kappa shape index (κ2) is 6.19. The molecule has 0 radical (unpaired) electrons. The van der Waals surface area contributed by atoms with Crippen LogP contribution in [0.5, 0.6) is 0 Å². The topological polar surface area (TPSA) is 28.2 Å². The molecule has 1 aromatic rings. The summed E-state index contributed by atoms with van der Waals surface area (Å²) in [7, 11) is 1.96. The van der Waals surface area contributed by atoms with E-state index in [2.05, 4.69) is 41.2 Å². The maximum absolute atomic E-state index is 4.45. The minimum absolute atomic E-state index is 0.539. The Balaban J connectivity index is 2.22. The lowest BCUT2D eigenvalue weighted by Gasteiger charge is -2.37. The van der Waals surface area contributed by atoms with Gasteiger partial charge in [0.2, 0.25) is 0 Å². The number of likely N-dealkylation sites (tertiary alicyclic amines) is 1. The molecule has 1 aromatic heterocycles. The van der Waals surface area contributed by atoms with Gasteiger partial charge in [0, 0.05) is 31.4 Å². The van der Waals surface area contributed by atoms with Crippen LogP contribution in [0.2, 0.25) is 0 Å². The monoisotopic (exact) mass is 247 g/mol. The van der Waals surface area contributed by atoms with Crippen LogP contribution in [0.25, 0.3) is 0 Å². The first-order valence-electron chi connectivity index (χ1n) is 7.09. The Kier molecular flexibility index (Phi) is 4.59. The largest absolute Gasteiger partial charge is 0.373 e. The van der Waals surface area contributed by atoms with Crippen LogP contribution in [0.4, 0.5) is 5.82 Å². The number of aromatic nitrogens is 1. The number of nitrogens with one attached hydrogen (secondary N) is 1. The Morgan fingerprint density at radius 3 is 3.00 bits per heavy atom. The molecule has 18 heavy (non-hydrogen) atoms. The molecule has 0 bridgehead atoms. The van der Waals surface area contributed by atoms with Gasteiger partial charge in [-0.15, -0.1) is 0 Å². The molecule has 0 saturated carbocycles. The van der Waals surface area contributed by atoms with Crippen molar-refractivity contribution in [3.8, 4) is 0 Å². The van der Waals surface area contributed by atoms with E-state index in [0.29, 0.717) is 6.04 Å². The zero-order valence-corrected chi connectivity index (χ0v) is 11.8. The molecule has 1 atom stereocenters. The normalized spacial score (nSPS) is 21.2. The van der Waals surface area contributed by atoms with Gasteiger partial charge in [-0.3, -0.25) is 4.90 Å². The first-order valence-corrected chi connectivity index (χ1v) is 7.09. The Hall–Kier alpha value is -1.09. The summed E-state index contributed by atoms with van der Waals surface area (Å²) in [4.78, 5) is 7.08. The van der Waals surface area contributed by atoms with Crippen molar-refractivity contribution in [1.29, 1.82) is 0 Å². The molecule has 1 aliphatic heterocycles. The van der Waals surface area contributed by atoms with Crippen LogP contribution in [0.1, 0.15) is 44.7 Å². The highest BCUT2D eigenvalue weighted by Crippen LogP contribution is 2.34. The maximum atomic E-state index is 4.45. The Morgan fingerprint density at radius 1 is 1.44 bits per heavy atom. The lowest BCUT2D eigenvalue weighted by Crippen LogP contribution is -2.36. The van der Waals surface area contributed by atoms with E-state index in [1.54, 1.807) is 0 Å². The molecule has 0 aliphatic carbocycles. The Bertz CT molecular complexity index is 376. The highest BCUT2D eigenvalue weighted by molar-refractivity contribution is 5.45. The van der Waals surface area contributed by atoms with Crippen molar-refractivity contribution in [1.82, 2.24) is 9.88 Å². The van der Waals surface area contributed by atoms with E-state index in [-0.39, 0.29) is 0 Å². The summed E-state index contributed by atoms with van der Waals surface area (Å²) in [5.74, 6) is 1.76. The van der Waals surface area contributed by atoms with Crippen molar-refractivity contribution in [2.45, 2.75) is 39.2 Å². The standard InChI is InChI=1S/C15H25N3/c1-12(2)11-18-10-5-4-8-14(18)13-7-6-9-17-15(13)16-3/h6-7,9,12,14H,4-5,8,10-11H2,1-3H3,(H,16,17)/t14-/m0/s1. The molecule has 0 aromatic carbocycles. The van der Waals surface area contributed by atoms with Gasteiger partial charge in [0.1, 0.15) is 5.82 Å². The molecule has 1 saturated heterocycles. The second-order valence-electron chi connectivity index (χ2n) is 5.59. The third-order valence-electron chi connectivity index (χ3n) is 3.65. The number of rotatable bonds is 4. The summed E-state index contributed by atoms with van der Waals surface area (Å²) in [5.41, 5.74) is 1.36. The van der Waals surface area contributed by atoms with Crippen molar-refractivity contribution in [3.63, 3.8) is 0 Å². The van der Waals surface area contributed by atoms with E-state index >= 15 is 0 Å². The lowest BCUT2D eigenvalue weighted by atomic mass is 9.94. The van der Waals surface area contributed by atoms with Crippen LogP contribution in [0, 0.1) is 5.92 Å². The number of piperidine rings is 1. The van der Waals surface area contributed by atoms with E-state index in [0.717, 1.165) is 11.7 Å². The van der Waals surface area contributed by atoms with E-state index in [1.807, 2.05) is 13.2 Å². The molecule has 1 N–H and O–H groups in total. The highest BCUT2D eigenvalue weighted by atomic mass is 15.2. The van der Waals surface area contributed by atoms with Crippen molar-refractivity contribution in [2.24, 2.45) is 5.92 Å². The summed E-state index contributed by atoms with van der Waals surface area (Å²) in [6.45, 7) is 7.01. The minimum atomic E-state index is 0.539. The van der Waals surface area contributed by atoms with E-state index in [4.69, 9.17) is 0 Å². The van der Waals surface area contributed by atoms with Crippen LogP contribution < -0.4 is 5.32 Å². The molecule has 1 aliphatic rings. The quantitative estimate of drug-likeness (QED) is 0.884. The van der Waals surface area contributed by atoms with E-state index in [1.165, 1.54) is 37.9 Å². The lowest BCUT2D eigenvalue weighted by molar-refractivity contribution is 0.132. The zero-order chi connectivity index (χ0) is 13.0. The fourth-order valence-corrected chi connectivity index (χ4v) is 2.93. The zero-order valence-electron chi connectivity index (χ0n) is 11.8. The molecule has 1 fully saturated rings. The van der Waals surface area contributed by atoms with Gasteiger partial charge in [-0.2, -0.15) is 0 Å². The maximum Gasteiger partial charge on any atom is 0.130 e. The van der Waals surface area contributed by atoms with Crippen molar-refractivity contribution < 1.29 is 0 Å². The fraction of sp³-hybridized carbons (Fsp3) is 0.667. The van der Waals surface area contributed by atoms with Crippen LogP contribution >= 0.6 is 0 Å². The fourth-order valence-electron chi connectivity index (χ4n) is 2.93. The Morgan fingerprint density at radius 2 is 2.28 bits per heavy atom. The van der Waals surface area contributed by atoms with Gasteiger partial charge in [-0.1, -0.05) is 26.3 Å². The van der Waals surface area contributed by atoms with Gasteiger partial charge in [-0.05, 0) is 31.4 Å². The van der Waals surface area contributed by atoms with Crippen LogP contribution in [0.3, 0.4) is 0 Å². The van der Waals surface area contributed by atoms with Crippen LogP contribution in [-0.4, -0.2) is 30.0 Å². The molecule has 2 rings (SSSR count). The smallest absolute Gasteiger partial charge is 0.130 e. The first-order chi connectivity index (χ1) is 8.72. The SMILES string of the molecule is CNc1ncccc1[C@@H]1CCCCN1CC(C)C. The molecule has 0 unspecified atom stereocenters. The Labute approximate surface area is 111 Å². The van der Waals surface area contributed by atoms with Crippen molar-refractivity contribution in [3.05, 3.63) is 23.9 Å². The van der Waals surface area contributed by atoms with Gasteiger partial charge in [0.15, 0.2) is 0 Å². The predicted molar refractivity (Wildman–Crippen MR) is 76.8 cm³/mol. The highest BCUT2D eigenvalue weighted by Gasteiger charge is 2.26. The molecule has 0 amide bonds. The van der Waals surface area contributed by atoms with Gasteiger partial charge < -0.3 is 5.32 Å². The summed E-state index contributed by atoms with van der Waals surface area (Å²) in [6.07, 6.45) is 5.79. The number of pyridine rings is 1. The average molecular weight is 247 g/mol. The molecule has 2 heterocycles. The molecular formula is C15H25N3. The number of nitrogens with zero attached hydrogens (tertiary/aromatic N) is 2. The first kappa shape index (κ1) is 13.3. The third kappa shape index (κ3) is 3.02. The van der Waals surface area contributed by atoms with Gasteiger partial charge in [0.05, 0.1) is 0 Å². The predicted octanol–water partition coefficient (Wildman–Crippen LogP) is 3.31. The van der Waals surface area contributed by atoms with E-state index < -0.39 is 0 Å². The van der Waals surface area contributed by atoms with Gasteiger partial charge in [0.25, 0.3) is 0 Å². The van der Waals surface area contributed by atoms with E-state index in [9.17, 15) is 0 Å². The summed E-state index contributed by atoms with van der Waals surface area (Å²) in [6, 6.07) is 4.82. The summed E-state index contributed by atoms with van der Waals surface area (Å²) < 4.78 is 0. The van der Waals surface area contributed by atoms with Crippen molar-refractivity contribution in [2.75, 3.05) is 25.5 Å². The summed E-state index contributed by atoms with van der Waals surface area (Å²) in [5, 5.41) is 3.23. The average Bonchev–Trinajstić information content (AvgIpc) is 2.39. The number of hydrogen-bond acceptors (Lipinski definition) is 3. The van der Waals surface area contributed by atoms with Crippen LogP contribution in [-0.2, 0) is 0 Å². The molecule has 0 spiro atoms. The minimum Gasteiger partial charge on any atom is -0.373 e. The summed E-state index contributed by atoms with van der Waals surface area (Å²) >= 11 is 0. The van der Waals surface area contributed by atoms with Gasteiger partial charge >= 0.3 is 0 Å². The molecule has 3 heteroatoms. The van der Waals surface area contributed by atoms with Crippen LogP contribution in [0.15, 0.2) is 18.3 Å². The van der Waals surface area contributed by atoms with Crippen molar-refractivity contribution >= 4 is 5.82 Å². The second-order valence-corrected chi connectivity index (χ2v) is 5.59. The number of anilines is 1. The molecule has 3 nitrogen and oxygen atoms in total. The molecular weight excluding hydrogens is 222 g/mol. The molecule has 100 valence electrons.